The van der Waals surface area contributed by atoms with Gasteiger partial charge in [-0.05, 0) is 66.7 Å². The van der Waals surface area contributed by atoms with Gasteiger partial charge >= 0.3 is 0 Å². The van der Waals surface area contributed by atoms with E-state index < -0.39 is 5.54 Å². The normalized spacial score (nSPS) is 24.6. The van der Waals surface area contributed by atoms with Gasteiger partial charge in [0.05, 0.1) is 6.07 Å². The molecule has 1 N–H and O–H groups in total. The van der Waals surface area contributed by atoms with Gasteiger partial charge in [0.25, 0.3) is 0 Å². The van der Waals surface area contributed by atoms with Crippen LogP contribution in [0.2, 0.25) is 0 Å². The molecule has 0 spiro atoms. The second-order valence-electron chi connectivity index (χ2n) is 6.72. The quantitative estimate of drug-likeness (QED) is 0.739. The molecular weight excluding hydrogens is 248 g/mol. The van der Waals surface area contributed by atoms with Crippen LogP contribution in [0.4, 0.5) is 0 Å². The number of hydrogen-bond donors (Lipinski definition) is 1. The average molecular weight is 280 g/mol. The molecule has 1 aliphatic rings. The summed E-state index contributed by atoms with van der Waals surface area (Å²) in [6.07, 6.45) is 4.54. The van der Waals surface area contributed by atoms with Crippen LogP contribution >= 0.6 is 0 Å². The first-order chi connectivity index (χ1) is 9.41. The second-order valence-corrected chi connectivity index (χ2v) is 6.72. The van der Waals surface area contributed by atoms with E-state index in [1.165, 1.54) is 19.4 Å². The molecule has 0 amide bonds. The third-order valence-electron chi connectivity index (χ3n) is 4.28. The number of nitrogens with one attached hydrogen (secondary N) is 1. The van der Waals surface area contributed by atoms with Crippen molar-refractivity contribution in [2.24, 2.45) is 0 Å². The number of nitrogens with zero attached hydrogens (tertiary/aromatic N) is 3. The van der Waals surface area contributed by atoms with Crippen LogP contribution in [-0.2, 0) is 0 Å². The lowest BCUT2D eigenvalue weighted by atomic mass is 9.94. The Bertz CT molecular complexity index is 323. The largest absolute Gasteiger partial charge is 0.308 e. The molecule has 4 heteroatoms. The lowest BCUT2D eigenvalue weighted by Crippen LogP contribution is -2.49. The van der Waals surface area contributed by atoms with Crippen LogP contribution in [0.1, 0.15) is 46.5 Å². The maximum absolute atomic E-state index is 9.48. The molecular formula is C16H32N4. The molecule has 1 fully saturated rings. The first-order valence-electron chi connectivity index (χ1n) is 7.98. The summed E-state index contributed by atoms with van der Waals surface area (Å²) in [7, 11) is 4.28. The van der Waals surface area contributed by atoms with E-state index in [-0.39, 0.29) is 0 Å². The smallest absolute Gasteiger partial charge is 0.105 e. The van der Waals surface area contributed by atoms with Crippen molar-refractivity contribution in [3.8, 4) is 6.07 Å². The molecule has 1 rings (SSSR count). The van der Waals surface area contributed by atoms with E-state index in [4.69, 9.17) is 0 Å². The predicted octanol–water partition coefficient (Wildman–Crippen LogP) is 2.07. The van der Waals surface area contributed by atoms with E-state index in [1.54, 1.807) is 0 Å². The van der Waals surface area contributed by atoms with Crippen LogP contribution in [0.15, 0.2) is 0 Å². The van der Waals surface area contributed by atoms with Crippen molar-refractivity contribution in [2.75, 3.05) is 33.7 Å². The van der Waals surface area contributed by atoms with Crippen LogP contribution in [0.5, 0.6) is 0 Å². The Morgan fingerprint density at radius 3 is 2.75 bits per heavy atom. The highest BCUT2D eigenvalue weighted by molar-refractivity contribution is 5.06. The van der Waals surface area contributed by atoms with E-state index >= 15 is 0 Å². The maximum atomic E-state index is 9.48. The van der Waals surface area contributed by atoms with Crippen molar-refractivity contribution in [1.82, 2.24) is 15.1 Å². The van der Waals surface area contributed by atoms with Gasteiger partial charge in [0, 0.05) is 18.6 Å². The van der Waals surface area contributed by atoms with Gasteiger partial charge in [-0.1, -0.05) is 6.92 Å². The van der Waals surface area contributed by atoms with E-state index in [1.807, 2.05) is 6.92 Å². The molecule has 1 saturated heterocycles. The molecule has 0 saturated carbocycles. The lowest BCUT2D eigenvalue weighted by Gasteiger charge is -2.36. The number of likely N-dealkylation sites (N-methyl/N-ethyl adjacent to an activating group) is 1. The molecule has 0 aliphatic carbocycles. The Kier molecular flexibility index (Phi) is 6.94. The van der Waals surface area contributed by atoms with Gasteiger partial charge in [-0.3, -0.25) is 10.2 Å². The summed E-state index contributed by atoms with van der Waals surface area (Å²) in [4.78, 5) is 4.87. The fourth-order valence-electron chi connectivity index (χ4n) is 3.32. The molecule has 0 radical (unpaired) electrons. The maximum Gasteiger partial charge on any atom is 0.105 e. The van der Waals surface area contributed by atoms with E-state index in [9.17, 15) is 5.26 Å². The number of nitriles is 1. The molecule has 4 nitrogen and oxygen atoms in total. The molecule has 3 atom stereocenters. The minimum absolute atomic E-state index is 0.402. The van der Waals surface area contributed by atoms with Crippen molar-refractivity contribution < 1.29 is 0 Å². The summed E-state index contributed by atoms with van der Waals surface area (Å²) in [6.45, 7) is 9.66. The topological polar surface area (TPSA) is 42.3 Å². The van der Waals surface area contributed by atoms with Crippen molar-refractivity contribution in [1.29, 1.82) is 5.26 Å². The van der Waals surface area contributed by atoms with Gasteiger partial charge in [0.2, 0.25) is 0 Å². The molecule has 3 unspecified atom stereocenters. The van der Waals surface area contributed by atoms with Crippen molar-refractivity contribution in [3.05, 3.63) is 0 Å². The standard InChI is InChI=1S/C16H32N4/c1-6-9-18-16(3,13-17)11-14(2)20-10-7-8-15(20)12-19(4)5/h14-15,18H,6-12H2,1-5H3. The summed E-state index contributed by atoms with van der Waals surface area (Å²) >= 11 is 0. The third kappa shape index (κ3) is 5.05. The summed E-state index contributed by atoms with van der Waals surface area (Å²) in [6, 6.07) is 3.58. The highest BCUT2D eigenvalue weighted by Crippen LogP contribution is 2.25. The number of rotatable bonds is 8. The lowest BCUT2D eigenvalue weighted by molar-refractivity contribution is 0.140. The van der Waals surface area contributed by atoms with Gasteiger partial charge in [-0.25, -0.2) is 0 Å². The molecule has 0 aromatic rings. The SMILES string of the molecule is CCCNC(C)(C#N)CC(C)N1CCCC1CN(C)C. The Balaban J connectivity index is 2.59. The zero-order chi connectivity index (χ0) is 15.2. The Hall–Kier alpha value is -0.630. The summed E-state index contributed by atoms with van der Waals surface area (Å²) in [5.41, 5.74) is -0.402. The number of hydrogen-bond acceptors (Lipinski definition) is 4. The minimum Gasteiger partial charge on any atom is -0.308 e. The first kappa shape index (κ1) is 17.4. The van der Waals surface area contributed by atoms with Crippen molar-refractivity contribution in [3.63, 3.8) is 0 Å². The second kappa shape index (κ2) is 7.97. The number of likely N-dealkylation sites (tertiary alicyclic amines) is 1. The Morgan fingerprint density at radius 1 is 1.50 bits per heavy atom. The zero-order valence-electron chi connectivity index (χ0n) is 13.9. The molecule has 0 bridgehead atoms. The van der Waals surface area contributed by atoms with Crippen LogP contribution in [0.3, 0.4) is 0 Å². The van der Waals surface area contributed by atoms with E-state index in [0.717, 1.165) is 25.9 Å². The van der Waals surface area contributed by atoms with Crippen LogP contribution in [0, 0.1) is 11.3 Å². The highest BCUT2D eigenvalue weighted by Gasteiger charge is 2.33. The van der Waals surface area contributed by atoms with Crippen LogP contribution in [0.25, 0.3) is 0 Å². The predicted molar refractivity (Wildman–Crippen MR) is 84.7 cm³/mol. The van der Waals surface area contributed by atoms with Gasteiger partial charge in [0.15, 0.2) is 0 Å². The van der Waals surface area contributed by atoms with E-state index in [2.05, 4.69) is 49.1 Å². The van der Waals surface area contributed by atoms with Gasteiger partial charge in [0.1, 0.15) is 5.54 Å². The Labute approximate surface area is 125 Å². The molecule has 116 valence electrons. The fraction of sp³-hybridized carbons (Fsp3) is 0.938. The Morgan fingerprint density at radius 2 is 2.20 bits per heavy atom. The summed E-state index contributed by atoms with van der Waals surface area (Å²) < 4.78 is 0. The zero-order valence-corrected chi connectivity index (χ0v) is 13.9. The molecule has 0 aromatic heterocycles. The molecule has 20 heavy (non-hydrogen) atoms. The van der Waals surface area contributed by atoms with Crippen molar-refractivity contribution >= 4 is 0 Å². The molecule has 0 aromatic carbocycles. The van der Waals surface area contributed by atoms with Gasteiger partial charge in [-0.15, -0.1) is 0 Å². The fourth-order valence-corrected chi connectivity index (χ4v) is 3.32. The average Bonchev–Trinajstić information content (AvgIpc) is 2.83. The van der Waals surface area contributed by atoms with Crippen LogP contribution in [-0.4, -0.2) is 61.2 Å². The molecule has 1 aliphatic heterocycles. The van der Waals surface area contributed by atoms with E-state index in [0.29, 0.717) is 12.1 Å². The van der Waals surface area contributed by atoms with Crippen LogP contribution < -0.4 is 5.32 Å². The van der Waals surface area contributed by atoms with Crippen molar-refractivity contribution in [2.45, 2.75) is 64.1 Å². The minimum atomic E-state index is -0.402. The molecule has 1 heterocycles. The summed E-state index contributed by atoms with van der Waals surface area (Å²) in [5.74, 6) is 0. The van der Waals surface area contributed by atoms with Gasteiger partial charge < -0.3 is 4.90 Å². The third-order valence-corrected chi connectivity index (χ3v) is 4.28. The highest BCUT2D eigenvalue weighted by atomic mass is 15.2. The summed E-state index contributed by atoms with van der Waals surface area (Å²) in [5, 5.41) is 12.9. The first-order valence-corrected chi connectivity index (χ1v) is 7.98. The monoisotopic (exact) mass is 280 g/mol. The van der Waals surface area contributed by atoms with Gasteiger partial charge in [-0.2, -0.15) is 5.26 Å².